The fourth-order valence-electron chi connectivity index (χ4n) is 1.36. The third kappa shape index (κ3) is 3.28. The third-order valence-electron chi connectivity index (χ3n) is 2.12. The van der Waals surface area contributed by atoms with Gasteiger partial charge in [-0.05, 0) is 32.2 Å². The largest absolute Gasteiger partial charge is 0.328 e. The second-order valence-corrected chi connectivity index (χ2v) is 7.42. The molecule has 3 heteroatoms. The normalized spacial score (nSPS) is 14.0. The van der Waals surface area contributed by atoms with Crippen LogP contribution >= 0.6 is 7.14 Å². The molecule has 0 fully saturated rings. The predicted octanol–water partition coefficient (Wildman–Crippen LogP) is 1.82. The van der Waals surface area contributed by atoms with E-state index in [1.807, 2.05) is 31.2 Å². The predicted molar refractivity (Wildman–Crippen MR) is 62.9 cm³/mol. The van der Waals surface area contributed by atoms with Gasteiger partial charge in [0.15, 0.2) is 0 Å². The van der Waals surface area contributed by atoms with Crippen LogP contribution in [0.3, 0.4) is 0 Å². The topological polar surface area (TPSA) is 43.1 Å². The summed E-state index contributed by atoms with van der Waals surface area (Å²) in [7, 11) is -2.10. The van der Waals surface area contributed by atoms with Crippen LogP contribution < -0.4 is 11.0 Å². The first kappa shape index (κ1) is 11.5. The van der Waals surface area contributed by atoms with Gasteiger partial charge in [-0.1, -0.05) is 24.3 Å². The zero-order valence-corrected chi connectivity index (χ0v) is 9.92. The van der Waals surface area contributed by atoms with Crippen LogP contribution in [0.15, 0.2) is 24.3 Å². The van der Waals surface area contributed by atoms with E-state index in [2.05, 4.69) is 0 Å². The lowest BCUT2D eigenvalue weighted by molar-refractivity contribution is 0.588. The average Bonchev–Trinajstić information content (AvgIpc) is 2.02. The van der Waals surface area contributed by atoms with E-state index < -0.39 is 7.14 Å². The summed E-state index contributed by atoms with van der Waals surface area (Å²) in [6.45, 7) is 5.56. The SMILES string of the molecule is CC(N)Cc1ccc(P(C)(C)=O)cc1. The summed E-state index contributed by atoms with van der Waals surface area (Å²) in [5, 5.41) is 0.936. The van der Waals surface area contributed by atoms with Gasteiger partial charge >= 0.3 is 0 Å². The number of hydrogen-bond donors (Lipinski definition) is 1. The molecular formula is C11H18NOP. The van der Waals surface area contributed by atoms with E-state index in [4.69, 9.17) is 5.73 Å². The molecule has 0 heterocycles. The molecule has 1 aromatic rings. The van der Waals surface area contributed by atoms with E-state index >= 15 is 0 Å². The lowest BCUT2D eigenvalue weighted by Crippen LogP contribution is -2.18. The highest BCUT2D eigenvalue weighted by Crippen LogP contribution is 2.34. The highest BCUT2D eigenvalue weighted by Gasteiger charge is 2.10. The average molecular weight is 211 g/mol. The van der Waals surface area contributed by atoms with Gasteiger partial charge in [-0.3, -0.25) is 0 Å². The highest BCUT2D eigenvalue weighted by molar-refractivity contribution is 7.70. The van der Waals surface area contributed by atoms with Crippen LogP contribution in [0.5, 0.6) is 0 Å². The molecule has 2 N–H and O–H groups in total. The fraction of sp³-hybridized carbons (Fsp3) is 0.455. The second kappa shape index (κ2) is 4.29. The fourth-order valence-corrected chi connectivity index (χ4v) is 2.23. The van der Waals surface area contributed by atoms with Gasteiger partial charge < -0.3 is 10.3 Å². The van der Waals surface area contributed by atoms with E-state index in [0.717, 1.165) is 11.7 Å². The minimum Gasteiger partial charge on any atom is -0.328 e. The second-order valence-electron chi connectivity index (χ2n) is 4.20. The summed E-state index contributed by atoms with van der Waals surface area (Å²) in [4.78, 5) is 0. The van der Waals surface area contributed by atoms with Crippen molar-refractivity contribution in [3.8, 4) is 0 Å². The maximum absolute atomic E-state index is 11.7. The molecule has 0 bridgehead atoms. The Morgan fingerprint density at radius 2 is 1.79 bits per heavy atom. The van der Waals surface area contributed by atoms with Crippen molar-refractivity contribution in [1.82, 2.24) is 0 Å². The van der Waals surface area contributed by atoms with Crippen LogP contribution in [0, 0.1) is 0 Å². The van der Waals surface area contributed by atoms with Crippen molar-refractivity contribution in [3.05, 3.63) is 29.8 Å². The van der Waals surface area contributed by atoms with Gasteiger partial charge in [0, 0.05) is 11.3 Å². The molecule has 0 spiro atoms. The molecule has 14 heavy (non-hydrogen) atoms. The number of nitrogens with two attached hydrogens (primary N) is 1. The molecule has 2 nitrogen and oxygen atoms in total. The van der Waals surface area contributed by atoms with Crippen molar-refractivity contribution < 1.29 is 4.57 Å². The standard InChI is InChI=1S/C11H18NOP/c1-9(12)8-10-4-6-11(7-5-10)14(2,3)13/h4-7,9H,8,12H2,1-3H3. The van der Waals surface area contributed by atoms with E-state index in [0.29, 0.717) is 0 Å². The molecule has 0 aliphatic rings. The monoisotopic (exact) mass is 211 g/mol. The Hall–Kier alpha value is -0.590. The summed E-state index contributed by atoms with van der Waals surface area (Å²) in [5.41, 5.74) is 6.90. The summed E-state index contributed by atoms with van der Waals surface area (Å²) >= 11 is 0. The van der Waals surface area contributed by atoms with Crippen molar-refractivity contribution in [2.75, 3.05) is 13.3 Å². The van der Waals surface area contributed by atoms with Gasteiger partial charge in [0.05, 0.1) is 0 Å². The molecule has 0 aromatic heterocycles. The molecule has 1 unspecified atom stereocenters. The molecule has 0 amide bonds. The van der Waals surface area contributed by atoms with Crippen LogP contribution in [0.1, 0.15) is 12.5 Å². The van der Waals surface area contributed by atoms with E-state index in [1.54, 1.807) is 13.3 Å². The van der Waals surface area contributed by atoms with Gasteiger partial charge in [-0.2, -0.15) is 0 Å². The Morgan fingerprint density at radius 3 is 2.14 bits per heavy atom. The molecule has 0 radical (unpaired) electrons. The Balaban J connectivity index is 2.84. The molecule has 78 valence electrons. The molecule has 1 atom stereocenters. The van der Waals surface area contributed by atoms with Crippen molar-refractivity contribution in [1.29, 1.82) is 0 Å². The number of rotatable bonds is 3. The number of benzene rings is 1. The Kier molecular flexibility index (Phi) is 3.52. The molecular weight excluding hydrogens is 193 g/mol. The smallest absolute Gasteiger partial charge is 0.109 e. The van der Waals surface area contributed by atoms with Crippen LogP contribution in [-0.2, 0) is 11.0 Å². The van der Waals surface area contributed by atoms with Crippen molar-refractivity contribution in [2.24, 2.45) is 5.73 Å². The van der Waals surface area contributed by atoms with Crippen LogP contribution in [0.4, 0.5) is 0 Å². The lowest BCUT2D eigenvalue weighted by Gasteiger charge is -2.09. The minimum absolute atomic E-state index is 0.177. The first-order chi connectivity index (χ1) is 6.39. The summed E-state index contributed by atoms with van der Waals surface area (Å²) in [5.74, 6) is 0. The summed E-state index contributed by atoms with van der Waals surface area (Å²) in [6, 6.07) is 8.09. The maximum atomic E-state index is 11.7. The highest BCUT2D eigenvalue weighted by atomic mass is 31.2. The minimum atomic E-state index is -2.10. The molecule has 0 saturated carbocycles. The number of hydrogen-bond acceptors (Lipinski definition) is 2. The lowest BCUT2D eigenvalue weighted by atomic mass is 10.1. The van der Waals surface area contributed by atoms with Gasteiger partial charge in [-0.15, -0.1) is 0 Å². The van der Waals surface area contributed by atoms with E-state index in [1.165, 1.54) is 5.56 Å². The molecule has 1 rings (SSSR count). The maximum Gasteiger partial charge on any atom is 0.109 e. The third-order valence-corrected chi connectivity index (χ3v) is 3.66. The van der Waals surface area contributed by atoms with Crippen molar-refractivity contribution in [2.45, 2.75) is 19.4 Å². The Bertz CT molecular complexity index is 337. The Morgan fingerprint density at radius 1 is 1.29 bits per heavy atom. The molecule has 0 saturated heterocycles. The van der Waals surface area contributed by atoms with Gasteiger partial charge in [-0.25, -0.2) is 0 Å². The zero-order valence-electron chi connectivity index (χ0n) is 9.03. The van der Waals surface area contributed by atoms with E-state index in [9.17, 15) is 4.57 Å². The molecule has 0 aliphatic heterocycles. The van der Waals surface area contributed by atoms with Crippen LogP contribution in [-0.4, -0.2) is 19.4 Å². The molecule has 1 aromatic carbocycles. The molecule has 0 aliphatic carbocycles. The van der Waals surface area contributed by atoms with Crippen molar-refractivity contribution in [3.63, 3.8) is 0 Å². The zero-order chi connectivity index (χ0) is 10.8. The van der Waals surface area contributed by atoms with Crippen molar-refractivity contribution >= 4 is 12.4 Å². The summed E-state index contributed by atoms with van der Waals surface area (Å²) in [6.07, 6.45) is 0.873. The Labute approximate surface area is 85.9 Å². The summed E-state index contributed by atoms with van der Waals surface area (Å²) < 4.78 is 11.7. The van der Waals surface area contributed by atoms with Crippen LogP contribution in [0.25, 0.3) is 0 Å². The first-order valence-corrected chi connectivity index (χ1v) is 7.40. The van der Waals surface area contributed by atoms with Crippen LogP contribution in [0.2, 0.25) is 0 Å². The van der Waals surface area contributed by atoms with Gasteiger partial charge in [0.2, 0.25) is 0 Å². The first-order valence-electron chi connectivity index (χ1n) is 4.79. The van der Waals surface area contributed by atoms with E-state index in [-0.39, 0.29) is 6.04 Å². The van der Waals surface area contributed by atoms with Gasteiger partial charge in [0.25, 0.3) is 0 Å². The van der Waals surface area contributed by atoms with Gasteiger partial charge in [0.1, 0.15) is 7.14 Å². The quantitative estimate of drug-likeness (QED) is 0.775.